The SMILES string of the molecule is O=C(Nc1cccc(-c2csc(-c3ccncc3)n2)c1)c1cc([N+](=O)[O-])ccc1Cl. The number of aromatic nitrogens is 2. The standard InChI is InChI=1S/C21H13ClN4O3S/c22-18-5-4-16(26(28)29)11-17(18)20(27)24-15-3-1-2-14(10-15)19-12-30-21(25-19)13-6-8-23-9-7-13/h1-12H,(H,24,27). The Labute approximate surface area is 180 Å². The van der Waals surface area contributed by atoms with Crippen molar-refractivity contribution in [3.63, 3.8) is 0 Å². The summed E-state index contributed by atoms with van der Waals surface area (Å²) in [5, 5.41) is 16.6. The monoisotopic (exact) mass is 436 g/mol. The van der Waals surface area contributed by atoms with Gasteiger partial charge in [-0.1, -0.05) is 23.7 Å². The Morgan fingerprint density at radius 1 is 1.07 bits per heavy atom. The largest absolute Gasteiger partial charge is 0.322 e. The summed E-state index contributed by atoms with van der Waals surface area (Å²) < 4.78 is 0. The molecule has 2 aromatic heterocycles. The number of pyridine rings is 1. The van der Waals surface area contributed by atoms with E-state index in [2.05, 4.69) is 15.3 Å². The second-order valence-electron chi connectivity index (χ2n) is 6.23. The number of hydrogen-bond acceptors (Lipinski definition) is 6. The number of anilines is 1. The number of rotatable bonds is 5. The van der Waals surface area contributed by atoms with E-state index in [9.17, 15) is 14.9 Å². The minimum absolute atomic E-state index is 0.0323. The van der Waals surface area contributed by atoms with Gasteiger partial charge in [0.1, 0.15) is 5.01 Å². The van der Waals surface area contributed by atoms with Gasteiger partial charge in [-0.3, -0.25) is 19.9 Å². The van der Waals surface area contributed by atoms with Gasteiger partial charge in [0, 0.05) is 46.7 Å². The van der Waals surface area contributed by atoms with Gasteiger partial charge >= 0.3 is 0 Å². The van der Waals surface area contributed by atoms with E-state index < -0.39 is 10.8 Å². The quantitative estimate of drug-likeness (QED) is 0.320. The van der Waals surface area contributed by atoms with Crippen LogP contribution < -0.4 is 5.32 Å². The van der Waals surface area contributed by atoms with E-state index in [4.69, 9.17) is 11.6 Å². The van der Waals surface area contributed by atoms with Crippen molar-refractivity contribution in [2.75, 3.05) is 5.32 Å². The number of benzene rings is 2. The van der Waals surface area contributed by atoms with E-state index in [1.165, 1.54) is 23.5 Å². The van der Waals surface area contributed by atoms with Gasteiger partial charge < -0.3 is 5.32 Å². The molecule has 1 N–H and O–H groups in total. The van der Waals surface area contributed by atoms with E-state index in [0.717, 1.165) is 27.9 Å². The lowest BCUT2D eigenvalue weighted by molar-refractivity contribution is -0.384. The van der Waals surface area contributed by atoms with Crippen LogP contribution in [0, 0.1) is 10.1 Å². The maximum Gasteiger partial charge on any atom is 0.270 e. The third-order valence-electron chi connectivity index (χ3n) is 4.25. The number of amides is 1. The first-order valence-electron chi connectivity index (χ1n) is 8.73. The fourth-order valence-corrected chi connectivity index (χ4v) is 3.83. The molecule has 30 heavy (non-hydrogen) atoms. The Morgan fingerprint density at radius 2 is 1.87 bits per heavy atom. The predicted octanol–water partition coefficient (Wildman–Crippen LogP) is 5.69. The van der Waals surface area contributed by atoms with Crippen LogP contribution in [0.2, 0.25) is 5.02 Å². The summed E-state index contributed by atoms with van der Waals surface area (Å²) in [7, 11) is 0. The maximum atomic E-state index is 12.6. The van der Waals surface area contributed by atoms with Gasteiger partial charge in [-0.15, -0.1) is 11.3 Å². The molecule has 7 nitrogen and oxygen atoms in total. The first-order chi connectivity index (χ1) is 14.5. The molecular weight excluding hydrogens is 424 g/mol. The van der Waals surface area contributed by atoms with Gasteiger partial charge in [0.2, 0.25) is 0 Å². The molecule has 0 spiro atoms. The van der Waals surface area contributed by atoms with E-state index >= 15 is 0 Å². The molecule has 0 saturated carbocycles. The summed E-state index contributed by atoms with van der Waals surface area (Å²) in [6.45, 7) is 0. The molecule has 0 aliphatic rings. The first-order valence-corrected chi connectivity index (χ1v) is 9.99. The molecule has 0 fully saturated rings. The number of nitrogens with one attached hydrogen (secondary N) is 1. The van der Waals surface area contributed by atoms with Gasteiger partial charge in [-0.05, 0) is 30.3 Å². The molecule has 4 rings (SSSR count). The molecule has 0 aliphatic heterocycles. The number of nitro groups is 1. The number of halogens is 1. The second kappa shape index (κ2) is 8.40. The highest BCUT2D eigenvalue weighted by atomic mass is 35.5. The first kappa shape index (κ1) is 19.7. The van der Waals surface area contributed by atoms with Crippen LogP contribution in [-0.2, 0) is 0 Å². The van der Waals surface area contributed by atoms with E-state index in [1.54, 1.807) is 30.6 Å². The molecule has 9 heteroatoms. The topological polar surface area (TPSA) is 98.0 Å². The number of thiazole rings is 1. The molecule has 0 aliphatic carbocycles. The molecule has 0 atom stereocenters. The number of carbonyl (C=O) groups is 1. The van der Waals surface area contributed by atoms with Crippen LogP contribution >= 0.6 is 22.9 Å². The van der Waals surface area contributed by atoms with Crippen molar-refractivity contribution < 1.29 is 9.72 Å². The zero-order valence-corrected chi connectivity index (χ0v) is 16.9. The number of hydrogen-bond donors (Lipinski definition) is 1. The molecule has 0 radical (unpaired) electrons. The predicted molar refractivity (Wildman–Crippen MR) is 117 cm³/mol. The van der Waals surface area contributed by atoms with Crippen molar-refractivity contribution in [2.45, 2.75) is 0 Å². The number of nitro benzene ring substituents is 1. The molecule has 2 aromatic carbocycles. The Balaban J connectivity index is 1.57. The number of nitrogens with zero attached hydrogens (tertiary/aromatic N) is 3. The van der Waals surface area contributed by atoms with E-state index in [1.807, 2.05) is 23.6 Å². The highest BCUT2D eigenvalue weighted by molar-refractivity contribution is 7.13. The average Bonchev–Trinajstić information content (AvgIpc) is 3.25. The highest BCUT2D eigenvalue weighted by Gasteiger charge is 2.16. The van der Waals surface area contributed by atoms with Crippen molar-refractivity contribution in [3.8, 4) is 21.8 Å². The molecule has 148 valence electrons. The van der Waals surface area contributed by atoms with Crippen molar-refractivity contribution >= 4 is 40.2 Å². The third-order valence-corrected chi connectivity index (χ3v) is 5.47. The summed E-state index contributed by atoms with van der Waals surface area (Å²) in [5.41, 5.74) is 2.93. The summed E-state index contributed by atoms with van der Waals surface area (Å²) in [4.78, 5) is 31.7. The Kier molecular flexibility index (Phi) is 5.51. The van der Waals surface area contributed by atoms with Gasteiger partial charge in [0.25, 0.3) is 11.6 Å². The van der Waals surface area contributed by atoms with Gasteiger partial charge in [0.15, 0.2) is 0 Å². The van der Waals surface area contributed by atoms with Crippen LogP contribution in [0.4, 0.5) is 11.4 Å². The summed E-state index contributed by atoms with van der Waals surface area (Å²) >= 11 is 7.57. The zero-order valence-electron chi connectivity index (χ0n) is 15.3. The van der Waals surface area contributed by atoms with Crippen molar-refractivity contribution in [1.29, 1.82) is 0 Å². The van der Waals surface area contributed by atoms with Crippen molar-refractivity contribution in [3.05, 3.63) is 93.1 Å². The molecule has 4 aromatic rings. The number of non-ortho nitro benzene ring substituents is 1. The smallest absolute Gasteiger partial charge is 0.270 e. The van der Waals surface area contributed by atoms with E-state index in [0.29, 0.717) is 5.69 Å². The summed E-state index contributed by atoms with van der Waals surface area (Å²) in [6.07, 6.45) is 3.43. The Hall–Kier alpha value is -3.62. The normalized spacial score (nSPS) is 10.6. The van der Waals surface area contributed by atoms with Gasteiger partial charge in [-0.2, -0.15) is 0 Å². The summed E-state index contributed by atoms with van der Waals surface area (Å²) in [6, 6.07) is 14.7. The lowest BCUT2D eigenvalue weighted by Gasteiger charge is -2.08. The van der Waals surface area contributed by atoms with Crippen LogP contribution in [-0.4, -0.2) is 20.8 Å². The highest BCUT2D eigenvalue weighted by Crippen LogP contribution is 2.30. The van der Waals surface area contributed by atoms with Crippen molar-refractivity contribution in [2.24, 2.45) is 0 Å². The molecule has 1 amide bonds. The fourth-order valence-electron chi connectivity index (χ4n) is 2.79. The third kappa shape index (κ3) is 4.19. The Morgan fingerprint density at radius 3 is 2.63 bits per heavy atom. The van der Waals surface area contributed by atoms with Gasteiger partial charge in [-0.25, -0.2) is 4.98 Å². The molecule has 0 bridgehead atoms. The average molecular weight is 437 g/mol. The van der Waals surface area contributed by atoms with Crippen LogP contribution in [0.1, 0.15) is 10.4 Å². The second-order valence-corrected chi connectivity index (χ2v) is 7.50. The number of carbonyl (C=O) groups excluding carboxylic acids is 1. The molecular formula is C21H13ClN4O3S. The molecule has 0 unspecified atom stereocenters. The maximum absolute atomic E-state index is 12.6. The zero-order chi connectivity index (χ0) is 21.1. The van der Waals surface area contributed by atoms with Crippen LogP contribution in [0.15, 0.2) is 72.4 Å². The van der Waals surface area contributed by atoms with Crippen molar-refractivity contribution in [1.82, 2.24) is 9.97 Å². The van der Waals surface area contributed by atoms with E-state index in [-0.39, 0.29) is 16.3 Å². The minimum Gasteiger partial charge on any atom is -0.322 e. The molecule has 2 heterocycles. The lowest BCUT2D eigenvalue weighted by atomic mass is 10.1. The molecule has 0 saturated heterocycles. The minimum atomic E-state index is -0.573. The lowest BCUT2D eigenvalue weighted by Crippen LogP contribution is -2.12. The van der Waals surface area contributed by atoms with Crippen LogP contribution in [0.3, 0.4) is 0 Å². The summed E-state index contributed by atoms with van der Waals surface area (Å²) in [5.74, 6) is -0.531. The van der Waals surface area contributed by atoms with Crippen LogP contribution in [0.25, 0.3) is 21.8 Å². The fraction of sp³-hybridized carbons (Fsp3) is 0. The van der Waals surface area contributed by atoms with Gasteiger partial charge in [0.05, 0.1) is 21.2 Å². The van der Waals surface area contributed by atoms with Crippen LogP contribution in [0.5, 0.6) is 0 Å². The Bertz CT molecular complexity index is 1240.